The largest absolute Gasteiger partial charge is 0.348 e. The van der Waals surface area contributed by atoms with E-state index in [1.807, 2.05) is 5.38 Å². The number of carbonyl (C=O) groups excluding carboxylic acids is 2. The van der Waals surface area contributed by atoms with Crippen molar-refractivity contribution >= 4 is 23.2 Å². The summed E-state index contributed by atoms with van der Waals surface area (Å²) in [5.74, 6) is -0.603. The number of thiazole rings is 1. The first-order valence-electron chi connectivity index (χ1n) is 6.01. The van der Waals surface area contributed by atoms with E-state index in [1.165, 1.54) is 11.3 Å². The van der Waals surface area contributed by atoms with Crippen LogP contribution in [0.5, 0.6) is 0 Å². The summed E-state index contributed by atoms with van der Waals surface area (Å²) in [4.78, 5) is 26.8. The first-order chi connectivity index (χ1) is 8.82. The van der Waals surface area contributed by atoms with E-state index in [0.717, 1.165) is 10.7 Å². The highest BCUT2D eigenvalue weighted by Crippen LogP contribution is 2.23. The number of nitrogens with one attached hydrogen (secondary N) is 2. The monoisotopic (exact) mass is 284 g/mol. The number of aromatic nitrogens is 1. The van der Waals surface area contributed by atoms with Gasteiger partial charge in [-0.1, -0.05) is 20.8 Å². The van der Waals surface area contributed by atoms with Gasteiger partial charge in [0, 0.05) is 10.8 Å². The number of nitrogens with zero attached hydrogens (tertiary/aromatic N) is 1. The number of rotatable bonds is 5. The van der Waals surface area contributed by atoms with E-state index in [1.54, 1.807) is 0 Å². The quantitative estimate of drug-likeness (QED) is 0.716. The Morgan fingerprint density at radius 2 is 2.00 bits per heavy atom. The first kappa shape index (κ1) is 15.6. The second-order valence-corrected chi connectivity index (χ2v) is 6.08. The third kappa shape index (κ3) is 5.35. The number of carbonyl (C=O) groups is 2. The molecule has 2 amide bonds. The minimum Gasteiger partial charge on any atom is -0.348 e. The molecule has 19 heavy (non-hydrogen) atoms. The zero-order valence-electron chi connectivity index (χ0n) is 11.4. The van der Waals surface area contributed by atoms with Crippen molar-refractivity contribution in [3.05, 3.63) is 16.1 Å². The highest BCUT2D eigenvalue weighted by atomic mass is 32.1. The standard InChI is InChI=1S/C12H20N4O2S/c1-12(2,3)8-7-19-11(16-8)6-15-10(18)5-14-9(17)4-13/h7H,4-6,13H2,1-3H3,(H,14,17)(H,15,18). The molecule has 0 spiro atoms. The molecule has 0 fully saturated rings. The predicted octanol–water partition coefficient (Wildman–Crippen LogP) is 0.132. The normalized spacial score (nSPS) is 11.2. The van der Waals surface area contributed by atoms with Crippen molar-refractivity contribution in [2.45, 2.75) is 32.7 Å². The summed E-state index contributed by atoms with van der Waals surface area (Å²) in [6, 6.07) is 0. The third-order valence-corrected chi connectivity index (χ3v) is 3.24. The Kier molecular flexibility index (Phi) is 5.44. The fourth-order valence-electron chi connectivity index (χ4n) is 1.22. The lowest BCUT2D eigenvalue weighted by Gasteiger charge is -2.14. The summed E-state index contributed by atoms with van der Waals surface area (Å²) >= 11 is 1.51. The number of nitrogens with two attached hydrogens (primary N) is 1. The summed E-state index contributed by atoms with van der Waals surface area (Å²) < 4.78 is 0. The van der Waals surface area contributed by atoms with Gasteiger partial charge < -0.3 is 16.4 Å². The first-order valence-corrected chi connectivity index (χ1v) is 6.89. The molecule has 0 aliphatic carbocycles. The molecule has 1 rings (SSSR count). The molecule has 1 aromatic rings. The van der Waals surface area contributed by atoms with Gasteiger partial charge in [-0.25, -0.2) is 4.98 Å². The lowest BCUT2D eigenvalue weighted by Crippen LogP contribution is -2.39. The summed E-state index contributed by atoms with van der Waals surface area (Å²) in [5, 5.41) is 7.95. The van der Waals surface area contributed by atoms with Gasteiger partial charge in [-0.3, -0.25) is 9.59 Å². The summed E-state index contributed by atoms with van der Waals surface area (Å²) in [5.41, 5.74) is 6.13. The van der Waals surface area contributed by atoms with E-state index in [0.29, 0.717) is 6.54 Å². The van der Waals surface area contributed by atoms with Crippen molar-refractivity contribution < 1.29 is 9.59 Å². The molecule has 0 radical (unpaired) electrons. The van der Waals surface area contributed by atoms with Crippen LogP contribution in [0.15, 0.2) is 5.38 Å². The highest BCUT2D eigenvalue weighted by Gasteiger charge is 2.17. The van der Waals surface area contributed by atoms with Crippen molar-refractivity contribution in [2.24, 2.45) is 5.73 Å². The van der Waals surface area contributed by atoms with Gasteiger partial charge in [0.1, 0.15) is 5.01 Å². The van der Waals surface area contributed by atoms with Gasteiger partial charge in [0.25, 0.3) is 0 Å². The van der Waals surface area contributed by atoms with Crippen LogP contribution in [-0.2, 0) is 21.5 Å². The average Bonchev–Trinajstić information content (AvgIpc) is 2.82. The zero-order chi connectivity index (χ0) is 14.5. The van der Waals surface area contributed by atoms with Crippen LogP contribution in [-0.4, -0.2) is 29.9 Å². The van der Waals surface area contributed by atoms with E-state index in [-0.39, 0.29) is 30.3 Å². The summed E-state index contributed by atoms with van der Waals surface area (Å²) in [6.45, 7) is 6.46. The molecule has 0 saturated carbocycles. The van der Waals surface area contributed by atoms with Crippen molar-refractivity contribution in [1.82, 2.24) is 15.6 Å². The second kappa shape index (κ2) is 6.63. The molecular formula is C12H20N4O2S. The predicted molar refractivity (Wildman–Crippen MR) is 74.7 cm³/mol. The van der Waals surface area contributed by atoms with E-state index in [4.69, 9.17) is 5.73 Å². The zero-order valence-corrected chi connectivity index (χ0v) is 12.3. The number of hydrogen-bond donors (Lipinski definition) is 3. The van der Waals surface area contributed by atoms with E-state index in [9.17, 15) is 9.59 Å². The average molecular weight is 284 g/mol. The van der Waals surface area contributed by atoms with Crippen LogP contribution in [0, 0.1) is 0 Å². The van der Waals surface area contributed by atoms with Crippen LogP contribution in [0.3, 0.4) is 0 Å². The molecule has 0 bridgehead atoms. The van der Waals surface area contributed by atoms with Crippen LogP contribution >= 0.6 is 11.3 Å². The maximum absolute atomic E-state index is 11.5. The lowest BCUT2D eigenvalue weighted by atomic mass is 9.93. The Morgan fingerprint density at radius 3 is 2.53 bits per heavy atom. The molecule has 0 atom stereocenters. The van der Waals surface area contributed by atoms with Crippen molar-refractivity contribution in [3.63, 3.8) is 0 Å². The van der Waals surface area contributed by atoms with Crippen molar-refractivity contribution in [3.8, 4) is 0 Å². The van der Waals surface area contributed by atoms with Crippen molar-refractivity contribution in [2.75, 3.05) is 13.1 Å². The molecule has 0 saturated heterocycles. The second-order valence-electron chi connectivity index (χ2n) is 5.13. The SMILES string of the molecule is CC(C)(C)c1csc(CNC(=O)CNC(=O)CN)n1. The summed E-state index contributed by atoms with van der Waals surface area (Å²) in [6.07, 6.45) is 0. The number of amides is 2. The van der Waals surface area contributed by atoms with Crippen molar-refractivity contribution in [1.29, 1.82) is 0 Å². The molecule has 6 nitrogen and oxygen atoms in total. The smallest absolute Gasteiger partial charge is 0.239 e. The van der Waals surface area contributed by atoms with Gasteiger partial charge in [-0.05, 0) is 0 Å². The minimum absolute atomic E-state index is 0.00780. The summed E-state index contributed by atoms with van der Waals surface area (Å²) in [7, 11) is 0. The molecule has 4 N–H and O–H groups in total. The van der Waals surface area contributed by atoms with Gasteiger partial charge in [0.15, 0.2) is 0 Å². The molecular weight excluding hydrogens is 264 g/mol. The van der Waals surface area contributed by atoms with Gasteiger partial charge in [-0.15, -0.1) is 11.3 Å². The van der Waals surface area contributed by atoms with Crippen LogP contribution in [0.2, 0.25) is 0 Å². The molecule has 0 aliphatic heterocycles. The van der Waals surface area contributed by atoms with Crippen LogP contribution in [0.4, 0.5) is 0 Å². The molecule has 7 heteroatoms. The third-order valence-electron chi connectivity index (χ3n) is 2.39. The van der Waals surface area contributed by atoms with E-state index in [2.05, 4.69) is 36.4 Å². The highest BCUT2D eigenvalue weighted by molar-refractivity contribution is 7.09. The van der Waals surface area contributed by atoms with E-state index >= 15 is 0 Å². The Morgan fingerprint density at radius 1 is 1.32 bits per heavy atom. The fourth-order valence-corrected chi connectivity index (χ4v) is 2.18. The Labute approximate surface area is 116 Å². The van der Waals surface area contributed by atoms with Gasteiger partial charge in [0.2, 0.25) is 11.8 Å². The number of hydrogen-bond acceptors (Lipinski definition) is 5. The van der Waals surface area contributed by atoms with Crippen LogP contribution in [0.1, 0.15) is 31.5 Å². The molecule has 0 aromatic carbocycles. The maximum atomic E-state index is 11.5. The molecule has 0 unspecified atom stereocenters. The lowest BCUT2D eigenvalue weighted by molar-refractivity contribution is -0.125. The molecule has 1 heterocycles. The molecule has 106 valence electrons. The van der Waals surface area contributed by atoms with Crippen LogP contribution in [0.25, 0.3) is 0 Å². The Hall–Kier alpha value is -1.47. The Balaban J connectivity index is 2.38. The fraction of sp³-hybridized carbons (Fsp3) is 0.583. The van der Waals surface area contributed by atoms with Gasteiger partial charge in [-0.2, -0.15) is 0 Å². The van der Waals surface area contributed by atoms with Gasteiger partial charge in [0.05, 0.1) is 25.3 Å². The van der Waals surface area contributed by atoms with Crippen LogP contribution < -0.4 is 16.4 Å². The Bertz CT molecular complexity index is 451. The van der Waals surface area contributed by atoms with Gasteiger partial charge >= 0.3 is 0 Å². The minimum atomic E-state index is -0.348. The van der Waals surface area contributed by atoms with E-state index < -0.39 is 0 Å². The molecule has 1 aromatic heterocycles. The maximum Gasteiger partial charge on any atom is 0.239 e. The topological polar surface area (TPSA) is 97.1 Å². The molecule has 0 aliphatic rings.